The van der Waals surface area contributed by atoms with E-state index in [-0.39, 0.29) is 17.7 Å². The van der Waals surface area contributed by atoms with Crippen LogP contribution in [0.1, 0.15) is 41.8 Å². The second-order valence-electron chi connectivity index (χ2n) is 6.73. The van der Waals surface area contributed by atoms with E-state index in [4.69, 9.17) is 0 Å². The minimum Gasteiger partial charge on any atom is -0.361 e. The fraction of sp³-hybridized carbons (Fsp3) is 0.333. The van der Waals surface area contributed by atoms with E-state index in [9.17, 15) is 9.59 Å². The molecular weight excluding hydrogens is 312 g/mol. The summed E-state index contributed by atoms with van der Waals surface area (Å²) in [6.07, 6.45) is 2.13. The molecule has 2 aromatic carbocycles. The van der Waals surface area contributed by atoms with Gasteiger partial charge in [-0.25, -0.2) is 0 Å². The molecule has 4 heteroatoms. The molecule has 4 nitrogen and oxygen atoms in total. The number of nitrogens with one attached hydrogen (secondary N) is 1. The molecule has 0 bridgehead atoms. The van der Waals surface area contributed by atoms with Gasteiger partial charge in [0.1, 0.15) is 0 Å². The van der Waals surface area contributed by atoms with Crippen molar-refractivity contribution in [2.75, 3.05) is 16.8 Å². The molecule has 0 aromatic heterocycles. The first-order valence-corrected chi connectivity index (χ1v) is 8.74. The Bertz CT molecular complexity index is 796. The van der Waals surface area contributed by atoms with E-state index >= 15 is 0 Å². The lowest BCUT2D eigenvalue weighted by Gasteiger charge is -2.35. The number of amides is 1. The molecular formula is C21H24N2O2. The number of fused-ring (bicyclic) bond motifs is 1. The van der Waals surface area contributed by atoms with Crippen molar-refractivity contribution < 1.29 is 9.59 Å². The van der Waals surface area contributed by atoms with Gasteiger partial charge >= 0.3 is 0 Å². The summed E-state index contributed by atoms with van der Waals surface area (Å²) < 4.78 is 0. The van der Waals surface area contributed by atoms with Gasteiger partial charge in [-0.2, -0.15) is 0 Å². The Morgan fingerprint density at radius 1 is 1.12 bits per heavy atom. The highest BCUT2D eigenvalue weighted by Crippen LogP contribution is 2.30. The van der Waals surface area contributed by atoms with Crippen LogP contribution in [0.5, 0.6) is 0 Å². The molecule has 0 aliphatic carbocycles. The highest BCUT2D eigenvalue weighted by molar-refractivity contribution is 6.02. The molecule has 0 saturated heterocycles. The fourth-order valence-electron chi connectivity index (χ4n) is 3.46. The van der Waals surface area contributed by atoms with Crippen LogP contribution in [0, 0.1) is 6.92 Å². The zero-order valence-electron chi connectivity index (χ0n) is 15.0. The van der Waals surface area contributed by atoms with Crippen molar-refractivity contribution in [1.29, 1.82) is 0 Å². The number of Topliss-reactive ketones (excluding diaryl/α,β-unsaturated/α-hetero) is 1. The molecule has 0 saturated carbocycles. The van der Waals surface area contributed by atoms with Crippen molar-refractivity contribution in [2.45, 2.75) is 39.7 Å². The third-order valence-corrected chi connectivity index (χ3v) is 4.73. The molecule has 0 fully saturated rings. The molecule has 130 valence electrons. The first-order chi connectivity index (χ1) is 12.0. The smallest absolute Gasteiger partial charge is 0.221 e. The number of anilines is 2. The molecule has 1 aliphatic rings. The van der Waals surface area contributed by atoms with Crippen molar-refractivity contribution in [2.24, 2.45) is 0 Å². The lowest BCUT2D eigenvalue weighted by Crippen LogP contribution is -2.42. The maximum absolute atomic E-state index is 12.9. The van der Waals surface area contributed by atoms with E-state index in [1.165, 1.54) is 23.7 Å². The summed E-state index contributed by atoms with van der Waals surface area (Å²) in [6, 6.07) is 13.4. The van der Waals surface area contributed by atoms with E-state index in [1.54, 1.807) is 24.3 Å². The SMILES string of the molecule is CC(=O)Nc1ccc(C(=O)C(C)N2CCCc3cc(C)ccc32)cc1. The molecule has 1 N–H and O–H groups in total. The third kappa shape index (κ3) is 3.73. The molecule has 1 aliphatic heterocycles. The van der Waals surface area contributed by atoms with Crippen molar-refractivity contribution in [3.63, 3.8) is 0 Å². The van der Waals surface area contributed by atoms with Gasteiger partial charge in [-0.15, -0.1) is 0 Å². The maximum atomic E-state index is 12.9. The Balaban J connectivity index is 1.80. The van der Waals surface area contributed by atoms with Crippen LogP contribution in [0.25, 0.3) is 0 Å². The van der Waals surface area contributed by atoms with Crippen LogP contribution in [0.4, 0.5) is 11.4 Å². The zero-order chi connectivity index (χ0) is 18.0. The Kier molecular flexibility index (Phi) is 4.88. The summed E-state index contributed by atoms with van der Waals surface area (Å²) in [5, 5.41) is 2.72. The van der Waals surface area contributed by atoms with E-state index < -0.39 is 0 Å². The lowest BCUT2D eigenvalue weighted by molar-refractivity contribution is -0.114. The van der Waals surface area contributed by atoms with E-state index in [2.05, 4.69) is 35.3 Å². The number of hydrogen-bond acceptors (Lipinski definition) is 3. The first-order valence-electron chi connectivity index (χ1n) is 8.74. The average Bonchev–Trinajstić information content (AvgIpc) is 2.60. The molecule has 1 amide bonds. The minimum absolute atomic E-state index is 0.0998. The topological polar surface area (TPSA) is 49.4 Å². The molecule has 0 radical (unpaired) electrons. The minimum atomic E-state index is -0.214. The van der Waals surface area contributed by atoms with Gasteiger partial charge in [-0.3, -0.25) is 9.59 Å². The zero-order valence-corrected chi connectivity index (χ0v) is 15.0. The fourth-order valence-corrected chi connectivity index (χ4v) is 3.46. The first kappa shape index (κ1) is 17.2. The van der Waals surface area contributed by atoms with Crippen molar-refractivity contribution in [3.05, 3.63) is 59.2 Å². The Morgan fingerprint density at radius 2 is 1.84 bits per heavy atom. The van der Waals surface area contributed by atoms with Crippen LogP contribution in [-0.4, -0.2) is 24.3 Å². The summed E-state index contributed by atoms with van der Waals surface area (Å²) in [7, 11) is 0. The molecule has 1 heterocycles. The van der Waals surface area contributed by atoms with E-state index in [0.29, 0.717) is 11.3 Å². The second kappa shape index (κ2) is 7.09. The summed E-state index contributed by atoms with van der Waals surface area (Å²) in [5.41, 5.74) is 5.13. The number of carbonyl (C=O) groups excluding carboxylic acids is 2. The number of hydrogen-bond donors (Lipinski definition) is 1. The van der Waals surface area contributed by atoms with E-state index in [0.717, 1.165) is 19.4 Å². The Labute approximate surface area is 148 Å². The largest absolute Gasteiger partial charge is 0.361 e. The molecule has 3 rings (SSSR count). The lowest BCUT2D eigenvalue weighted by atomic mass is 9.96. The number of nitrogens with zero attached hydrogens (tertiary/aromatic N) is 1. The van der Waals surface area contributed by atoms with Crippen LogP contribution < -0.4 is 10.2 Å². The number of rotatable bonds is 4. The van der Waals surface area contributed by atoms with E-state index in [1.807, 2.05) is 6.92 Å². The van der Waals surface area contributed by atoms with Crippen LogP contribution in [0.2, 0.25) is 0 Å². The molecule has 1 atom stereocenters. The van der Waals surface area contributed by atoms with Gasteiger partial charge in [0.2, 0.25) is 5.91 Å². The van der Waals surface area contributed by atoms with Crippen LogP contribution in [0.3, 0.4) is 0 Å². The van der Waals surface area contributed by atoms with Gasteiger partial charge in [-0.05, 0) is 62.6 Å². The Morgan fingerprint density at radius 3 is 2.52 bits per heavy atom. The monoisotopic (exact) mass is 336 g/mol. The summed E-state index contributed by atoms with van der Waals surface area (Å²) in [6.45, 7) is 6.44. The van der Waals surface area contributed by atoms with Crippen molar-refractivity contribution in [1.82, 2.24) is 0 Å². The third-order valence-electron chi connectivity index (χ3n) is 4.73. The van der Waals surface area contributed by atoms with Crippen LogP contribution >= 0.6 is 0 Å². The molecule has 2 aromatic rings. The summed E-state index contributed by atoms with van der Waals surface area (Å²) in [5.74, 6) is -0.0181. The van der Waals surface area contributed by atoms with Gasteiger partial charge in [-0.1, -0.05) is 17.7 Å². The molecule has 0 spiro atoms. The Hall–Kier alpha value is -2.62. The van der Waals surface area contributed by atoms with Crippen LogP contribution in [0.15, 0.2) is 42.5 Å². The van der Waals surface area contributed by atoms with Gasteiger partial charge in [0.15, 0.2) is 5.78 Å². The number of aryl methyl sites for hydroxylation is 2. The molecule has 25 heavy (non-hydrogen) atoms. The van der Waals surface area contributed by atoms with Crippen molar-refractivity contribution in [3.8, 4) is 0 Å². The van der Waals surface area contributed by atoms with Gasteiger partial charge in [0, 0.05) is 30.4 Å². The predicted molar refractivity (Wildman–Crippen MR) is 101 cm³/mol. The highest BCUT2D eigenvalue weighted by Gasteiger charge is 2.26. The quantitative estimate of drug-likeness (QED) is 0.859. The summed E-state index contributed by atoms with van der Waals surface area (Å²) >= 11 is 0. The number of benzene rings is 2. The second-order valence-corrected chi connectivity index (χ2v) is 6.73. The maximum Gasteiger partial charge on any atom is 0.221 e. The standard InChI is InChI=1S/C21H24N2O2/c1-14-6-11-20-18(13-14)5-4-12-23(20)15(2)21(25)17-7-9-19(10-8-17)22-16(3)24/h6-11,13,15H,4-5,12H2,1-3H3,(H,22,24). The number of carbonyl (C=O) groups is 2. The molecule has 1 unspecified atom stereocenters. The summed E-state index contributed by atoms with van der Waals surface area (Å²) in [4.78, 5) is 26.2. The van der Waals surface area contributed by atoms with Gasteiger partial charge in [0.25, 0.3) is 0 Å². The number of ketones is 1. The average molecular weight is 336 g/mol. The predicted octanol–water partition coefficient (Wildman–Crippen LogP) is 3.98. The normalized spacial score (nSPS) is 14.6. The van der Waals surface area contributed by atoms with Crippen molar-refractivity contribution >= 4 is 23.1 Å². The highest BCUT2D eigenvalue weighted by atomic mass is 16.1. The van der Waals surface area contributed by atoms with Gasteiger partial charge in [0.05, 0.1) is 6.04 Å². The van der Waals surface area contributed by atoms with Gasteiger partial charge < -0.3 is 10.2 Å². The van der Waals surface area contributed by atoms with Crippen LogP contribution in [-0.2, 0) is 11.2 Å².